The normalized spacial score (nSPS) is 23.5. The zero-order valence-corrected chi connectivity index (χ0v) is 19.4. The minimum Gasteiger partial charge on any atom is -0.381 e. The first-order valence-corrected chi connectivity index (χ1v) is 12.4. The summed E-state index contributed by atoms with van der Waals surface area (Å²) in [5, 5.41) is 10.5. The molecule has 0 aromatic heterocycles. The fourth-order valence-corrected chi connectivity index (χ4v) is 6.47. The topological polar surface area (TPSA) is 96.3 Å². The number of carbonyl (C=O) groups is 1. The summed E-state index contributed by atoms with van der Waals surface area (Å²) in [6.07, 6.45) is -5.22. The molecule has 2 aromatic rings. The Morgan fingerprint density at radius 3 is 2.29 bits per heavy atom. The van der Waals surface area contributed by atoms with Gasteiger partial charge in [-0.05, 0) is 61.1 Å². The van der Waals surface area contributed by atoms with Crippen LogP contribution in [-0.4, -0.2) is 38.3 Å². The van der Waals surface area contributed by atoms with Gasteiger partial charge in [0.15, 0.2) is 9.84 Å². The minimum atomic E-state index is -4.97. The van der Waals surface area contributed by atoms with E-state index in [-0.39, 0.29) is 18.4 Å². The maximum atomic E-state index is 14.0. The number of sulfone groups is 1. The number of hydrogen-bond acceptors (Lipinski definition) is 5. The maximum Gasteiger partial charge on any atom is 0.417 e. The molecule has 4 rings (SSSR count). The smallest absolute Gasteiger partial charge is 0.381 e. The van der Waals surface area contributed by atoms with Gasteiger partial charge < -0.3 is 10.1 Å². The predicted octanol–water partition coefficient (Wildman–Crippen LogP) is 4.25. The predicted molar refractivity (Wildman–Crippen MR) is 117 cm³/mol. The Labute approximate surface area is 199 Å². The highest BCUT2D eigenvalue weighted by atomic mass is 32.2. The minimum absolute atomic E-state index is 0.0842. The van der Waals surface area contributed by atoms with E-state index in [1.165, 1.54) is 25.3 Å². The van der Waals surface area contributed by atoms with Crippen LogP contribution in [0.3, 0.4) is 0 Å². The van der Waals surface area contributed by atoms with E-state index in [0.29, 0.717) is 18.4 Å². The van der Waals surface area contributed by atoms with Crippen LogP contribution in [0.25, 0.3) is 11.1 Å². The first-order chi connectivity index (χ1) is 16.4. The molecule has 2 saturated carbocycles. The zero-order chi connectivity index (χ0) is 25.6. The van der Waals surface area contributed by atoms with E-state index < -0.39 is 61.0 Å². The van der Waals surface area contributed by atoms with Gasteiger partial charge in [-0.1, -0.05) is 18.2 Å². The highest BCUT2D eigenvalue weighted by Gasteiger charge is 2.51. The van der Waals surface area contributed by atoms with Crippen molar-refractivity contribution < 1.29 is 35.5 Å². The standard InChI is InChI=1S/C24H22F4N2O4S/c1-34-20-12-17(11-18(20)22(31)30-23(13-29)8-9-23)35(32,33)21-7-4-15(10-19(21)24(26,27)28)14-2-5-16(25)6-3-14/h2-7,10,17-18,20H,8-9,11-12H2,1H3,(H,30,31)/t17-,18-,20-/m1/s1. The number of nitrogens with one attached hydrogen (secondary N) is 1. The third kappa shape index (κ3) is 4.90. The Morgan fingerprint density at radius 2 is 1.74 bits per heavy atom. The van der Waals surface area contributed by atoms with Crippen molar-refractivity contribution >= 4 is 15.7 Å². The first kappa shape index (κ1) is 25.1. The molecule has 1 amide bonds. The number of methoxy groups -OCH3 is 1. The molecule has 0 spiro atoms. The van der Waals surface area contributed by atoms with Gasteiger partial charge >= 0.3 is 6.18 Å². The van der Waals surface area contributed by atoms with Crippen LogP contribution < -0.4 is 5.32 Å². The molecule has 0 bridgehead atoms. The molecule has 0 radical (unpaired) electrons. The molecule has 186 valence electrons. The van der Waals surface area contributed by atoms with Crippen LogP contribution in [0.5, 0.6) is 0 Å². The molecule has 11 heteroatoms. The Kier molecular flexibility index (Phi) is 6.40. The van der Waals surface area contributed by atoms with Crippen molar-refractivity contribution in [1.29, 1.82) is 5.26 Å². The average molecular weight is 511 g/mol. The van der Waals surface area contributed by atoms with E-state index in [1.807, 2.05) is 6.07 Å². The second kappa shape index (κ2) is 8.91. The van der Waals surface area contributed by atoms with E-state index in [0.717, 1.165) is 24.3 Å². The quantitative estimate of drug-likeness (QED) is 0.587. The lowest BCUT2D eigenvalue weighted by Gasteiger charge is -2.19. The molecule has 2 aliphatic carbocycles. The van der Waals surface area contributed by atoms with Gasteiger partial charge in [-0.25, -0.2) is 12.8 Å². The van der Waals surface area contributed by atoms with Gasteiger partial charge in [-0.3, -0.25) is 4.79 Å². The molecule has 0 aliphatic heterocycles. The van der Waals surface area contributed by atoms with Gasteiger partial charge in [0.1, 0.15) is 11.4 Å². The lowest BCUT2D eigenvalue weighted by atomic mass is 10.0. The second-order valence-corrected chi connectivity index (χ2v) is 11.1. The molecular formula is C24H22F4N2O4S. The highest BCUT2D eigenvalue weighted by Crippen LogP contribution is 2.43. The van der Waals surface area contributed by atoms with Gasteiger partial charge in [0.25, 0.3) is 0 Å². The number of ether oxygens (including phenoxy) is 1. The van der Waals surface area contributed by atoms with Crippen LogP contribution in [-0.2, 0) is 25.5 Å². The Hall–Kier alpha value is -2.97. The summed E-state index contributed by atoms with van der Waals surface area (Å²) < 4.78 is 87.2. The van der Waals surface area contributed by atoms with E-state index in [1.54, 1.807) is 0 Å². The number of hydrogen-bond donors (Lipinski definition) is 1. The highest BCUT2D eigenvalue weighted by molar-refractivity contribution is 7.92. The molecule has 3 atom stereocenters. The second-order valence-electron chi connectivity index (χ2n) is 8.92. The number of alkyl halides is 3. The van der Waals surface area contributed by atoms with Gasteiger partial charge in [-0.15, -0.1) is 0 Å². The summed E-state index contributed by atoms with van der Waals surface area (Å²) in [5.41, 5.74) is -1.92. The van der Waals surface area contributed by atoms with Crippen molar-refractivity contribution in [2.45, 2.75) is 53.6 Å². The van der Waals surface area contributed by atoms with Gasteiger partial charge in [-0.2, -0.15) is 18.4 Å². The van der Waals surface area contributed by atoms with Gasteiger partial charge in [0.2, 0.25) is 5.91 Å². The number of halogens is 4. The van der Waals surface area contributed by atoms with Crippen molar-refractivity contribution in [1.82, 2.24) is 5.32 Å². The van der Waals surface area contributed by atoms with Gasteiger partial charge in [0, 0.05) is 7.11 Å². The Balaban J connectivity index is 1.66. The molecule has 1 N–H and O–H groups in total. The van der Waals surface area contributed by atoms with Crippen molar-refractivity contribution in [2.24, 2.45) is 5.92 Å². The van der Waals surface area contributed by atoms with Crippen LogP contribution >= 0.6 is 0 Å². The van der Waals surface area contributed by atoms with E-state index >= 15 is 0 Å². The monoisotopic (exact) mass is 510 g/mol. The summed E-state index contributed by atoms with van der Waals surface area (Å²) in [6, 6.07) is 9.69. The molecule has 2 aliphatic rings. The third-order valence-electron chi connectivity index (χ3n) is 6.63. The fourth-order valence-electron chi connectivity index (χ4n) is 4.46. The largest absolute Gasteiger partial charge is 0.417 e. The molecule has 0 saturated heterocycles. The molecule has 2 aromatic carbocycles. The Bertz CT molecular complexity index is 1280. The number of carbonyl (C=O) groups excluding carboxylic acids is 1. The number of nitriles is 1. The summed E-state index contributed by atoms with van der Waals surface area (Å²) in [6.45, 7) is 0. The fraction of sp³-hybridized carbons (Fsp3) is 0.417. The zero-order valence-electron chi connectivity index (χ0n) is 18.6. The maximum absolute atomic E-state index is 14.0. The van der Waals surface area contributed by atoms with Crippen LogP contribution in [0.2, 0.25) is 0 Å². The summed E-state index contributed by atoms with van der Waals surface area (Å²) in [5.74, 6) is -2.02. The average Bonchev–Trinajstić information content (AvgIpc) is 3.44. The number of benzene rings is 2. The molecule has 2 fully saturated rings. The molecular weight excluding hydrogens is 488 g/mol. The third-order valence-corrected chi connectivity index (χ3v) is 8.87. The molecule has 6 nitrogen and oxygen atoms in total. The van der Waals surface area contributed by atoms with Crippen molar-refractivity contribution in [3.63, 3.8) is 0 Å². The molecule has 35 heavy (non-hydrogen) atoms. The van der Waals surface area contributed by atoms with E-state index in [2.05, 4.69) is 5.32 Å². The van der Waals surface area contributed by atoms with Crippen molar-refractivity contribution in [2.75, 3.05) is 7.11 Å². The van der Waals surface area contributed by atoms with Gasteiger partial charge in [0.05, 0.1) is 33.8 Å². The molecule has 0 heterocycles. The number of amides is 1. The number of rotatable bonds is 6. The van der Waals surface area contributed by atoms with Crippen molar-refractivity contribution in [3.8, 4) is 17.2 Å². The van der Waals surface area contributed by atoms with E-state index in [9.17, 15) is 36.0 Å². The summed E-state index contributed by atoms with van der Waals surface area (Å²) in [7, 11) is -3.20. The SMILES string of the molecule is CO[C@@H]1C[C@H](S(=O)(=O)c2ccc(-c3ccc(F)cc3)cc2C(F)(F)F)C[C@H]1C(=O)NC1(C#N)CC1. The van der Waals surface area contributed by atoms with E-state index in [4.69, 9.17) is 4.74 Å². The first-order valence-electron chi connectivity index (χ1n) is 10.9. The van der Waals surface area contributed by atoms with Crippen LogP contribution in [0.15, 0.2) is 47.4 Å². The lowest BCUT2D eigenvalue weighted by Crippen LogP contribution is -2.42. The molecule has 0 unspecified atom stereocenters. The summed E-state index contributed by atoms with van der Waals surface area (Å²) in [4.78, 5) is 11.9. The van der Waals surface area contributed by atoms with Crippen LogP contribution in [0.1, 0.15) is 31.2 Å². The Morgan fingerprint density at radius 1 is 1.11 bits per heavy atom. The van der Waals surface area contributed by atoms with Crippen molar-refractivity contribution in [3.05, 3.63) is 53.8 Å². The lowest BCUT2D eigenvalue weighted by molar-refractivity contribution is -0.139. The number of nitrogens with zero attached hydrogens (tertiary/aromatic N) is 1. The van der Waals surface area contributed by atoms with Crippen LogP contribution in [0.4, 0.5) is 17.6 Å². The summed E-state index contributed by atoms with van der Waals surface area (Å²) >= 11 is 0. The van der Waals surface area contributed by atoms with Crippen LogP contribution in [0, 0.1) is 23.1 Å².